The summed E-state index contributed by atoms with van der Waals surface area (Å²) in [6.07, 6.45) is 3.78. The van der Waals surface area contributed by atoms with Gasteiger partial charge < -0.3 is 10.2 Å². The molecule has 0 atom stereocenters. The van der Waals surface area contributed by atoms with Gasteiger partial charge in [-0.2, -0.15) is 11.8 Å². The Hall–Kier alpha value is -0.810. The first-order chi connectivity index (χ1) is 8.25. The molecular formula is C12H20N4S. The van der Waals surface area contributed by atoms with Crippen LogP contribution < -0.4 is 10.2 Å². The maximum Gasteiger partial charge on any atom is 0.147 e. The Morgan fingerprint density at radius 3 is 2.65 bits per heavy atom. The molecule has 1 N–H and O–H groups in total. The van der Waals surface area contributed by atoms with Gasteiger partial charge in [0.1, 0.15) is 5.82 Å². The third kappa shape index (κ3) is 3.85. The molecule has 1 fully saturated rings. The number of anilines is 1. The number of nitrogens with one attached hydrogen (secondary N) is 1. The summed E-state index contributed by atoms with van der Waals surface area (Å²) in [6.45, 7) is 7.23. The van der Waals surface area contributed by atoms with Crippen molar-refractivity contribution in [1.82, 2.24) is 15.3 Å². The predicted octanol–water partition coefficient (Wildman–Crippen LogP) is 1.53. The van der Waals surface area contributed by atoms with Crippen LogP contribution in [0, 0.1) is 0 Å². The number of hydrogen-bond acceptors (Lipinski definition) is 5. The van der Waals surface area contributed by atoms with Crippen molar-refractivity contribution in [2.24, 2.45) is 0 Å². The molecule has 4 nitrogen and oxygen atoms in total. The van der Waals surface area contributed by atoms with Crippen molar-refractivity contribution in [2.45, 2.75) is 26.4 Å². The molecule has 2 rings (SSSR count). The largest absolute Gasteiger partial charge is 0.354 e. The highest BCUT2D eigenvalue weighted by atomic mass is 32.2. The van der Waals surface area contributed by atoms with E-state index in [2.05, 4.69) is 34.0 Å². The number of thioether (sulfide) groups is 1. The summed E-state index contributed by atoms with van der Waals surface area (Å²) in [6, 6.07) is 0.482. The van der Waals surface area contributed by atoms with E-state index < -0.39 is 0 Å². The fourth-order valence-corrected chi connectivity index (χ4v) is 2.61. The van der Waals surface area contributed by atoms with E-state index in [0.717, 1.165) is 31.1 Å². The smallest absolute Gasteiger partial charge is 0.147 e. The lowest BCUT2D eigenvalue weighted by atomic mass is 10.3. The number of aromatic nitrogens is 2. The van der Waals surface area contributed by atoms with Crippen LogP contribution in [0.3, 0.4) is 0 Å². The minimum Gasteiger partial charge on any atom is -0.354 e. The summed E-state index contributed by atoms with van der Waals surface area (Å²) in [4.78, 5) is 11.3. The van der Waals surface area contributed by atoms with Crippen LogP contribution in [-0.4, -0.2) is 40.6 Å². The van der Waals surface area contributed by atoms with Crippen LogP contribution in [-0.2, 0) is 6.54 Å². The van der Waals surface area contributed by atoms with Crippen molar-refractivity contribution in [2.75, 3.05) is 29.5 Å². The Kier molecular flexibility index (Phi) is 4.62. The van der Waals surface area contributed by atoms with Gasteiger partial charge >= 0.3 is 0 Å². The summed E-state index contributed by atoms with van der Waals surface area (Å²) >= 11 is 2.01. The van der Waals surface area contributed by atoms with E-state index in [0.29, 0.717) is 6.04 Å². The normalized spacial score (nSPS) is 16.5. The zero-order valence-electron chi connectivity index (χ0n) is 10.5. The van der Waals surface area contributed by atoms with Crippen molar-refractivity contribution in [3.63, 3.8) is 0 Å². The van der Waals surface area contributed by atoms with Crippen LogP contribution in [0.1, 0.15) is 19.5 Å². The molecule has 0 radical (unpaired) electrons. The Balaban J connectivity index is 1.92. The van der Waals surface area contributed by atoms with Crippen LogP contribution in [0.25, 0.3) is 0 Å². The molecule has 0 aliphatic carbocycles. The topological polar surface area (TPSA) is 41.1 Å². The summed E-state index contributed by atoms with van der Waals surface area (Å²) in [5.41, 5.74) is 1.01. The van der Waals surface area contributed by atoms with Gasteiger partial charge in [0.05, 0.1) is 18.1 Å². The van der Waals surface area contributed by atoms with E-state index in [9.17, 15) is 0 Å². The molecule has 0 aromatic carbocycles. The van der Waals surface area contributed by atoms with E-state index in [1.807, 2.05) is 24.2 Å². The van der Waals surface area contributed by atoms with Gasteiger partial charge in [0.25, 0.3) is 0 Å². The second-order valence-electron chi connectivity index (χ2n) is 4.50. The van der Waals surface area contributed by atoms with Crippen LogP contribution >= 0.6 is 11.8 Å². The number of nitrogens with zero attached hydrogens (tertiary/aromatic N) is 3. The van der Waals surface area contributed by atoms with Gasteiger partial charge in [0, 0.05) is 37.2 Å². The third-order valence-corrected chi connectivity index (χ3v) is 3.66. The van der Waals surface area contributed by atoms with E-state index in [1.165, 1.54) is 11.5 Å². The van der Waals surface area contributed by atoms with Crippen LogP contribution in [0.4, 0.5) is 5.82 Å². The van der Waals surface area contributed by atoms with Gasteiger partial charge in [0.15, 0.2) is 0 Å². The molecule has 1 aromatic heterocycles. The lowest BCUT2D eigenvalue weighted by molar-refractivity contribution is 0.580. The quantitative estimate of drug-likeness (QED) is 0.880. The third-order valence-electron chi connectivity index (χ3n) is 2.72. The summed E-state index contributed by atoms with van der Waals surface area (Å²) in [5, 5.41) is 3.34. The molecule has 1 saturated heterocycles. The van der Waals surface area contributed by atoms with E-state index in [4.69, 9.17) is 0 Å². The second-order valence-corrected chi connectivity index (χ2v) is 5.73. The molecule has 17 heavy (non-hydrogen) atoms. The molecule has 1 aliphatic rings. The highest BCUT2D eigenvalue weighted by Crippen LogP contribution is 2.15. The average Bonchev–Trinajstić information content (AvgIpc) is 2.38. The lowest BCUT2D eigenvalue weighted by Crippen LogP contribution is -2.33. The number of hydrogen-bond donors (Lipinski definition) is 1. The molecule has 5 heteroatoms. The van der Waals surface area contributed by atoms with Crippen molar-refractivity contribution in [3.8, 4) is 0 Å². The second kappa shape index (κ2) is 6.21. The first-order valence-corrected chi connectivity index (χ1v) is 7.28. The van der Waals surface area contributed by atoms with Gasteiger partial charge in [-0.15, -0.1) is 0 Å². The van der Waals surface area contributed by atoms with Crippen molar-refractivity contribution < 1.29 is 0 Å². The van der Waals surface area contributed by atoms with Crippen LogP contribution in [0.2, 0.25) is 0 Å². The van der Waals surface area contributed by atoms with Gasteiger partial charge in [-0.1, -0.05) is 13.8 Å². The van der Waals surface area contributed by atoms with Gasteiger partial charge in [-0.3, -0.25) is 4.98 Å². The molecule has 1 aromatic rings. The van der Waals surface area contributed by atoms with Crippen molar-refractivity contribution in [1.29, 1.82) is 0 Å². The Labute approximate surface area is 107 Å². The Morgan fingerprint density at radius 1 is 1.29 bits per heavy atom. The summed E-state index contributed by atoms with van der Waals surface area (Å²) < 4.78 is 0. The van der Waals surface area contributed by atoms with Crippen molar-refractivity contribution >= 4 is 17.6 Å². The lowest BCUT2D eigenvalue weighted by Gasteiger charge is -2.27. The molecule has 1 aliphatic heterocycles. The fraction of sp³-hybridized carbons (Fsp3) is 0.667. The van der Waals surface area contributed by atoms with Crippen LogP contribution in [0.15, 0.2) is 12.4 Å². The van der Waals surface area contributed by atoms with Crippen molar-refractivity contribution in [3.05, 3.63) is 18.1 Å². The molecule has 2 heterocycles. The van der Waals surface area contributed by atoms with Crippen LogP contribution in [0.5, 0.6) is 0 Å². The van der Waals surface area contributed by atoms with Gasteiger partial charge in [0.2, 0.25) is 0 Å². The molecule has 0 bridgehead atoms. The monoisotopic (exact) mass is 252 g/mol. The Morgan fingerprint density at radius 2 is 2.06 bits per heavy atom. The fourth-order valence-electron chi connectivity index (χ4n) is 1.70. The zero-order chi connectivity index (χ0) is 12.1. The first-order valence-electron chi connectivity index (χ1n) is 6.12. The maximum absolute atomic E-state index is 4.49. The maximum atomic E-state index is 4.49. The molecule has 0 unspecified atom stereocenters. The van der Waals surface area contributed by atoms with E-state index >= 15 is 0 Å². The predicted molar refractivity (Wildman–Crippen MR) is 73.5 cm³/mol. The molecule has 0 saturated carbocycles. The molecule has 94 valence electrons. The summed E-state index contributed by atoms with van der Waals surface area (Å²) in [5.74, 6) is 3.40. The average molecular weight is 252 g/mol. The highest BCUT2D eigenvalue weighted by Gasteiger charge is 2.12. The minimum absolute atomic E-state index is 0.482. The summed E-state index contributed by atoms with van der Waals surface area (Å²) in [7, 11) is 0. The standard InChI is InChI=1S/C12H20N4S/c1-10(2)13-7-11-8-15-12(9-14-11)16-3-5-17-6-4-16/h8-10,13H,3-7H2,1-2H3. The first kappa shape index (κ1) is 12.6. The SMILES string of the molecule is CC(C)NCc1cnc(N2CCSCC2)cn1. The Bertz CT molecular complexity index is 333. The zero-order valence-corrected chi connectivity index (χ0v) is 11.3. The molecular weight excluding hydrogens is 232 g/mol. The van der Waals surface area contributed by atoms with E-state index in [1.54, 1.807) is 0 Å². The molecule has 0 spiro atoms. The highest BCUT2D eigenvalue weighted by molar-refractivity contribution is 7.99. The van der Waals surface area contributed by atoms with E-state index in [-0.39, 0.29) is 0 Å². The number of rotatable bonds is 4. The molecule has 0 amide bonds. The van der Waals surface area contributed by atoms with Gasteiger partial charge in [-0.25, -0.2) is 4.98 Å². The van der Waals surface area contributed by atoms with Gasteiger partial charge in [-0.05, 0) is 0 Å². The minimum atomic E-state index is 0.482.